The molecule has 4 heteroatoms. The Kier molecular flexibility index (Phi) is 5.92. The average Bonchev–Trinajstić information content (AvgIpc) is 2.10. The number of rotatable bonds is 7. The van der Waals surface area contributed by atoms with Crippen molar-refractivity contribution in [2.24, 2.45) is 11.8 Å². The van der Waals surface area contributed by atoms with E-state index in [0.717, 1.165) is 6.42 Å². The topological polar surface area (TPSA) is 74.6 Å². The van der Waals surface area contributed by atoms with Gasteiger partial charge in [-0.05, 0) is 18.8 Å². The molecule has 0 fully saturated rings. The zero-order valence-electron chi connectivity index (χ0n) is 8.69. The Morgan fingerprint density at radius 1 is 1.29 bits per heavy atom. The molecule has 0 aromatic heterocycles. The maximum Gasteiger partial charge on any atom is 0.306 e. The highest BCUT2D eigenvalue weighted by Crippen LogP contribution is 2.22. The van der Waals surface area contributed by atoms with Gasteiger partial charge >= 0.3 is 11.9 Å². The van der Waals surface area contributed by atoms with Crippen molar-refractivity contribution in [1.29, 1.82) is 0 Å². The second kappa shape index (κ2) is 6.40. The summed E-state index contributed by atoms with van der Waals surface area (Å²) in [6, 6.07) is 0. The number of hydrogen-bond donors (Lipinski definition) is 2. The molecule has 0 aromatic carbocycles. The summed E-state index contributed by atoms with van der Waals surface area (Å²) in [6.45, 7) is 3.61. The predicted molar refractivity (Wildman–Crippen MR) is 52.1 cm³/mol. The van der Waals surface area contributed by atoms with Crippen molar-refractivity contribution in [3.05, 3.63) is 0 Å². The van der Waals surface area contributed by atoms with Crippen molar-refractivity contribution in [3.63, 3.8) is 0 Å². The van der Waals surface area contributed by atoms with Gasteiger partial charge in [-0.3, -0.25) is 9.59 Å². The van der Waals surface area contributed by atoms with Crippen LogP contribution in [0.1, 0.15) is 39.5 Å². The van der Waals surface area contributed by atoms with Crippen LogP contribution < -0.4 is 0 Å². The summed E-state index contributed by atoms with van der Waals surface area (Å²) in [5.41, 5.74) is 0. The molecule has 0 rings (SSSR count). The minimum Gasteiger partial charge on any atom is -0.481 e. The molecular formula is C10H18O4. The Morgan fingerprint density at radius 3 is 2.21 bits per heavy atom. The first-order chi connectivity index (χ1) is 6.49. The molecule has 4 nitrogen and oxygen atoms in total. The van der Waals surface area contributed by atoms with E-state index in [-0.39, 0.29) is 18.3 Å². The Morgan fingerprint density at radius 2 is 1.86 bits per heavy atom. The van der Waals surface area contributed by atoms with E-state index in [0.29, 0.717) is 12.8 Å². The van der Waals surface area contributed by atoms with E-state index in [1.807, 2.05) is 6.92 Å². The minimum atomic E-state index is -0.817. The fourth-order valence-electron chi connectivity index (χ4n) is 1.52. The summed E-state index contributed by atoms with van der Waals surface area (Å²) in [5.74, 6) is -1.91. The molecule has 0 aliphatic rings. The monoisotopic (exact) mass is 202 g/mol. The smallest absolute Gasteiger partial charge is 0.306 e. The number of hydrogen-bond acceptors (Lipinski definition) is 2. The van der Waals surface area contributed by atoms with Gasteiger partial charge in [-0.1, -0.05) is 20.3 Å². The van der Waals surface area contributed by atoms with Crippen LogP contribution >= 0.6 is 0 Å². The molecule has 0 saturated heterocycles. The Labute approximate surface area is 83.9 Å². The van der Waals surface area contributed by atoms with Gasteiger partial charge in [0.05, 0.1) is 5.92 Å². The molecule has 0 aromatic rings. The Hall–Kier alpha value is -1.06. The van der Waals surface area contributed by atoms with Crippen molar-refractivity contribution in [3.8, 4) is 0 Å². The molecule has 0 bridgehead atoms. The first kappa shape index (κ1) is 12.9. The van der Waals surface area contributed by atoms with Gasteiger partial charge in [-0.25, -0.2) is 0 Å². The van der Waals surface area contributed by atoms with Crippen LogP contribution in [0.5, 0.6) is 0 Å². The summed E-state index contributed by atoms with van der Waals surface area (Å²) >= 11 is 0. The van der Waals surface area contributed by atoms with Gasteiger partial charge in [0.25, 0.3) is 0 Å². The van der Waals surface area contributed by atoms with Gasteiger partial charge in [0.2, 0.25) is 0 Å². The Balaban J connectivity index is 3.90. The van der Waals surface area contributed by atoms with Crippen molar-refractivity contribution in [1.82, 2.24) is 0 Å². The average molecular weight is 202 g/mol. The molecule has 2 atom stereocenters. The first-order valence-corrected chi connectivity index (χ1v) is 4.93. The van der Waals surface area contributed by atoms with Crippen LogP contribution in [0, 0.1) is 11.8 Å². The lowest BCUT2D eigenvalue weighted by atomic mass is 9.87. The molecule has 0 aliphatic carbocycles. The van der Waals surface area contributed by atoms with Crippen LogP contribution in [0.4, 0.5) is 0 Å². The van der Waals surface area contributed by atoms with E-state index in [2.05, 4.69) is 0 Å². The molecule has 82 valence electrons. The minimum absolute atomic E-state index is 0.0897. The van der Waals surface area contributed by atoms with Crippen LogP contribution in [-0.2, 0) is 9.59 Å². The Bertz CT molecular complexity index is 200. The van der Waals surface area contributed by atoms with Gasteiger partial charge < -0.3 is 10.2 Å². The number of carboxylic acid groups (broad SMARTS) is 2. The van der Waals surface area contributed by atoms with E-state index in [1.54, 1.807) is 6.92 Å². The van der Waals surface area contributed by atoms with Crippen molar-refractivity contribution < 1.29 is 19.8 Å². The fourth-order valence-corrected chi connectivity index (χ4v) is 1.52. The van der Waals surface area contributed by atoms with Crippen molar-refractivity contribution >= 4 is 11.9 Å². The van der Waals surface area contributed by atoms with Crippen molar-refractivity contribution in [2.75, 3.05) is 0 Å². The van der Waals surface area contributed by atoms with Gasteiger partial charge in [0.15, 0.2) is 0 Å². The number of carboxylic acids is 2. The predicted octanol–water partition coefficient (Wildman–Crippen LogP) is 1.99. The van der Waals surface area contributed by atoms with Crippen LogP contribution in [0.2, 0.25) is 0 Å². The summed E-state index contributed by atoms with van der Waals surface area (Å²) in [7, 11) is 0. The summed E-state index contributed by atoms with van der Waals surface area (Å²) < 4.78 is 0. The van der Waals surface area contributed by atoms with Crippen LogP contribution in [0.25, 0.3) is 0 Å². The SMILES string of the molecule is CCC(CCCC(=O)O)C(C)C(=O)O. The molecule has 14 heavy (non-hydrogen) atoms. The third-order valence-electron chi connectivity index (χ3n) is 2.59. The van der Waals surface area contributed by atoms with Crippen molar-refractivity contribution in [2.45, 2.75) is 39.5 Å². The molecule has 2 N–H and O–H groups in total. The summed E-state index contributed by atoms with van der Waals surface area (Å²) in [4.78, 5) is 20.9. The number of aliphatic carboxylic acids is 2. The second-order valence-corrected chi connectivity index (χ2v) is 3.58. The van der Waals surface area contributed by atoms with Gasteiger partial charge in [-0.2, -0.15) is 0 Å². The lowest BCUT2D eigenvalue weighted by molar-refractivity contribution is -0.143. The van der Waals surface area contributed by atoms with E-state index < -0.39 is 11.9 Å². The molecular weight excluding hydrogens is 184 g/mol. The third kappa shape index (κ3) is 4.84. The summed E-state index contributed by atoms with van der Waals surface area (Å²) in [6.07, 6.45) is 2.15. The normalized spacial score (nSPS) is 14.7. The zero-order valence-corrected chi connectivity index (χ0v) is 8.69. The second-order valence-electron chi connectivity index (χ2n) is 3.58. The largest absolute Gasteiger partial charge is 0.481 e. The van der Waals surface area contributed by atoms with Gasteiger partial charge in [0.1, 0.15) is 0 Å². The fraction of sp³-hybridized carbons (Fsp3) is 0.800. The molecule has 0 heterocycles. The lowest BCUT2D eigenvalue weighted by Gasteiger charge is -2.18. The van der Waals surface area contributed by atoms with Crippen LogP contribution in [0.3, 0.4) is 0 Å². The molecule has 0 amide bonds. The third-order valence-corrected chi connectivity index (χ3v) is 2.59. The number of carbonyl (C=O) groups is 2. The maximum atomic E-state index is 10.7. The molecule has 0 saturated carbocycles. The van der Waals surface area contributed by atoms with E-state index in [1.165, 1.54) is 0 Å². The van der Waals surface area contributed by atoms with Crippen LogP contribution in [-0.4, -0.2) is 22.2 Å². The highest BCUT2D eigenvalue weighted by molar-refractivity contribution is 5.69. The molecule has 2 unspecified atom stereocenters. The lowest BCUT2D eigenvalue weighted by Crippen LogP contribution is -2.20. The van der Waals surface area contributed by atoms with Crippen LogP contribution in [0.15, 0.2) is 0 Å². The first-order valence-electron chi connectivity index (χ1n) is 4.93. The molecule has 0 spiro atoms. The standard InChI is InChI=1S/C10H18O4/c1-3-8(7(2)10(13)14)5-4-6-9(11)12/h7-8H,3-6H2,1-2H3,(H,11,12)(H,13,14). The van der Waals surface area contributed by atoms with E-state index in [9.17, 15) is 9.59 Å². The molecule has 0 radical (unpaired) electrons. The van der Waals surface area contributed by atoms with E-state index in [4.69, 9.17) is 10.2 Å². The van der Waals surface area contributed by atoms with Gasteiger partial charge in [-0.15, -0.1) is 0 Å². The quantitative estimate of drug-likeness (QED) is 0.662. The van der Waals surface area contributed by atoms with Gasteiger partial charge in [0, 0.05) is 6.42 Å². The molecule has 0 aliphatic heterocycles. The highest BCUT2D eigenvalue weighted by Gasteiger charge is 2.21. The van der Waals surface area contributed by atoms with E-state index >= 15 is 0 Å². The zero-order chi connectivity index (χ0) is 11.1. The summed E-state index contributed by atoms with van der Waals surface area (Å²) in [5, 5.41) is 17.2. The highest BCUT2D eigenvalue weighted by atomic mass is 16.4. The maximum absolute atomic E-state index is 10.7.